The van der Waals surface area contributed by atoms with E-state index in [4.69, 9.17) is 19.9 Å². The van der Waals surface area contributed by atoms with Gasteiger partial charge in [-0.1, -0.05) is 30.3 Å². The average Bonchev–Trinajstić information content (AvgIpc) is 3.36. The lowest BCUT2D eigenvalue weighted by Gasteiger charge is -2.13. The molecule has 1 fully saturated rings. The molecule has 3 heterocycles. The van der Waals surface area contributed by atoms with Crippen molar-refractivity contribution in [1.82, 2.24) is 19.5 Å². The molecule has 3 N–H and O–H groups in total. The van der Waals surface area contributed by atoms with Gasteiger partial charge in [0.2, 0.25) is 5.95 Å². The first-order valence-corrected chi connectivity index (χ1v) is 9.79. The fraction of sp³-hybridized carbons (Fsp3) is 0.450. The minimum absolute atomic E-state index is 0.191. The van der Waals surface area contributed by atoms with Gasteiger partial charge in [0.1, 0.15) is 6.61 Å². The Balaban J connectivity index is 1.67. The van der Waals surface area contributed by atoms with E-state index >= 15 is 0 Å². The monoisotopic (exact) mass is 398 g/mol. The minimum atomic E-state index is 0.191. The first kappa shape index (κ1) is 19.4. The molecular weight excluding hydrogens is 372 g/mol. The van der Waals surface area contributed by atoms with E-state index in [0.717, 1.165) is 25.0 Å². The second-order valence-corrected chi connectivity index (χ2v) is 6.93. The average molecular weight is 398 g/mol. The van der Waals surface area contributed by atoms with Crippen LogP contribution in [0.2, 0.25) is 0 Å². The third-order valence-electron chi connectivity index (χ3n) is 4.82. The number of ether oxygens (including phenoxy) is 3. The first-order valence-electron chi connectivity index (χ1n) is 9.79. The number of benzene rings is 1. The van der Waals surface area contributed by atoms with Crippen LogP contribution >= 0.6 is 0 Å². The predicted molar refractivity (Wildman–Crippen MR) is 110 cm³/mol. The van der Waals surface area contributed by atoms with Crippen molar-refractivity contribution in [2.45, 2.75) is 25.5 Å². The largest absolute Gasteiger partial charge is 0.461 e. The fourth-order valence-corrected chi connectivity index (χ4v) is 3.34. The van der Waals surface area contributed by atoms with Gasteiger partial charge in [-0.05, 0) is 18.4 Å². The summed E-state index contributed by atoms with van der Waals surface area (Å²) >= 11 is 0. The standard InChI is InChI=1S/C20H26N6O3/c1-27-10-11-29-20-24-17(21)16-18(25-20)26(13-14-6-3-2-4-7-14)19(23-16)22-12-15-8-5-9-28-15/h2-4,6-7,15H,5,8-13H2,1H3,(H,22,23)(H2,21,24,25). The highest BCUT2D eigenvalue weighted by Gasteiger charge is 2.20. The quantitative estimate of drug-likeness (QED) is 0.527. The molecule has 2 aromatic heterocycles. The highest BCUT2D eigenvalue weighted by molar-refractivity contribution is 5.84. The highest BCUT2D eigenvalue weighted by atomic mass is 16.5. The van der Waals surface area contributed by atoms with Crippen LogP contribution in [0.4, 0.5) is 11.8 Å². The molecule has 1 aromatic carbocycles. The number of hydrogen-bond donors (Lipinski definition) is 2. The van der Waals surface area contributed by atoms with Crippen molar-refractivity contribution in [3.05, 3.63) is 35.9 Å². The Morgan fingerprint density at radius 3 is 2.83 bits per heavy atom. The van der Waals surface area contributed by atoms with Crippen molar-refractivity contribution in [2.75, 3.05) is 44.5 Å². The number of nitrogens with two attached hydrogens (primary N) is 1. The third kappa shape index (κ3) is 4.57. The summed E-state index contributed by atoms with van der Waals surface area (Å²) in [5.74, 6) is 0.976. The van der Waals surface area contributed by atoms with Crippen LogP contribution in [-0.4, -0.2) is 59.1 Å². The zero-order valence-corrected chi connectivity index (χ0v) is 16.5. The number of rotatable bonds is 9. The Bertz CT molecular complexity index is 940. The lowest BCUT2D eigenvalue weighted by atomic mass is 10.2. The Kier molecular flexibility index (Phi) is 6.06. The number of methoxy groups -OCH3 is 1. The molecule has 1 aliphatic rings. The number of anilines is 2. The van der Waals surface area contributed by atoms with Crippen molar-refractivity contribution < 1.29 is 14.2 Å². The molecule has 0 bridgehead atoms. The molecule has 3 aromatic rings. The Morgan fingerprint density at radius 1 is 1.21 bits per heavy atom. The summed E-state index contributed by atoms with van der Waals surface area (Å²) in [5.41, 5.74) is 8.47. The van der Waals surface area contributed by atoms with Gasteiger partial charge < -0.3 is 25.3 Å². The van der Waals surface area contributed by atoms with Crippen LogP contribution in [0.3, 0.4) is 0 Å². The van der Waals surface area contributed by atoms with E-state index in [-0.39, 0.29) is 17.9 Å². The number of nitrogens with one attached hydrogen (secondary N) is 1. The molecule has 0 spiro atoms. The lowest BCUT2D eigenvalue weighted by Crippen LogP contribution is -2.20. The zero-order valence-electron chi connectivity index (χ0n) is 16.5. The normalized spacial score (nSPS) is 16.4. The zero-order chi connectivity index (χ0) is 20.1. The van der Waals surface area contributed by atoms with Gasteiger partial charge >= 0.3 is 6.01 Å². The van der Waals surface area contributed by atoms with E-state index in [0.29, 0.717) is 43.4 Å². The summed E-state index contributed by atoms with van der Waals surface area (Å²) in [6, 6.07) is 10.4. The molecule has 1 atom stereocenters. The smallest absolute Gasteiger partial charge is 0.320 e. The van der Waals surface area contributed by atoms with E-state index < -0.39 is 0 Å². The summed E-state index contributed by atoms with van der Waals surface area (Å²) in [7, 11) is 1.61. The predicted octanol–water partition coefficient (Wildman–Crippen LogP) is 2.07. The number of nitrogen functional groups attached to an aromatic ring is 1. The summed E-state index contributed by atoms with van der Waals surface area (Å²) in [5, 5.41) is 3.41. The van der Waals surface area contributed by atoms with Gasteiger partial charge in [-0.15, -0.1) is 0 Å². The van der Waals surface area contributed by atoms with Crippen LogP contribution < -0.4 is 15.8 Å². The Hall–Kier alpha value is -2.91. The summed E-state index contributed by atoms with van der Waals surface area (Å²) < 4.78 is 18.3. The van der Waals surface area contributed by atoms with Crippen molar-refractivity contribution in [3.63, 3.8) is 0 Å². The maximum Gasteiger partial charge on any atom is 0.320 e. The summed E-state index contributed by atoms with van der Waals surface area (Å²) in [6.45, 7) is 2.88. The Labute approximate surface area is 169 Å². The first-order chi connectivity index (χ1) is 14.2. The topological polar surface area (TPSA) is 109 Å². The van der Waals surface area contributed by atoms with Crippen molar-refractivity contribution in [1.29, 1.82) is 0 Å². The lowest BCUT2D eigenvalue weighted by molar-refractivity contribution is 0.120. The second kappa shape index (κ2) is 9.06. The van der Waals surface area contributed by atoms with Crippen LogP contribution in [0.5, 0.6) is 6.01 Å². The number of aromatic nitrogens is 4. The van der Waals surface area contributed by atoms with E-state index in [1.54, 1.807) is 7.11 Å². The molecule has 29 heavy (non-hydrogen) atoms. The summed E-state index contributed by atoms with van der Waals surface area (Å²) in [4.78, 5) is 13.5. The van der Waals surface area contributed by atoms with E-state index in [1.165, 1.54) is 0 Å². The van der Waals surface area contributed by atoms with Gasteiger partial charge in [0.25, 0.3) is 0 Å². The Morgan fingerprint density at radius 2 is 2.07 bits per heavy atom. The SMILES string of the molecule is COCCOc1nc(N)c2nc(NCC3CCCO3)n(Cc3ccccc3)c2n1. The van der Waals surface area contributed by atoms with Crippen molar-refractivity contribution >= 4 is 22.9 Å². The molecule has 0 aliphatic carbocycles. The van der Waals surface area contributed by atoms with Gasteiger partial charge in [-0.3, -0.25) is 4.57 Å². The maximum absolute atomic E-state index is 6.16. The third-order valence-corrected chi connectivity index (χ3v) is 4.82. The fourth-order valence-electron chi connectivity index (χ4n) is 3.34. The van der Waals surface area contributed by atoms with Crippen LogP contribution in [-0.2, 0) is 16.0 Å². The molecule has 0 saturated carbocycles. The van der Waals surface area contributed by atoms with Gasteiger partial charge in [-0.2, -0.15) is 9.97 Å². The van der Waals surface area contributed by atoms with Crippen LogP contribution in [0.15, 0.2) is 30.3 Å². The van der Waals surface area contributed by atoms with E-state index in [2.05, 4.69) is 32.4 Å². The molecular formula is C20H26N6O3. The number of nitrogens with zero attached hydrogens (tertiary/aromatic N) is 4. The highest BCUT2D eigenvalue weighted by Crippen LogP contribution is 2.26. The molecule has 154 valence electrons. The number of imidazole rings is 1. The van der Waals surface area contributed by atoms with Gasteiger partial charge in [0.05, 0.1) is 19.3 Å². The van der Waals surface area contributed by atoms with Crippen LogP contribution in [0.1, 0.15) is 18.4 Å². The molecule has 4 rings (SSSR count). The summed E-state index contributed by atoms with van der Waals surface area (Å²) in [6.07, 6.45) is 2.33. The number of hydrogen-bond acceptors (Lipinski definition) is 8. The van der Waals surface area contributed by atoms with E-state index in [1.807, 2.05) is 22.8 Å². The van der Waals surface area contributed by atoms with Gasteiger partial charge in [-0.25, -0.2) is 4.98 Å². The van der Waals surface area contributed by atoms with Gasteiger partial charge in [0.15, 0.2) is 17.0 Å². The van der Waals surface area contributed by atoms with Crippen molar-refractivity contribution in [2.24, 2.45) is 0 Å². The second-order valence-electron chi connectivity index (χ2n) is 6.93. The van der Waals surface area contributed by atoms with Crippen molar-refractivity contribution in [3.8, 4) is 6.01 Å². The molecule has 9 nitrogen and oxygen atoms in total. The molecule has 1 aliphatic heterocycles. The maximum atomic E-state index is 6.16. The molecule has 1 unspecified atom stereocenters. The van der Waals surface area contributed by atoms with Crippen LogP contribution in [0.25, 0.3) is 11.2 Å². The minimum Gasteiger partial charge on any atom is -0.461 e. The number of fused-ring (bicyclic) bond motifs is 1. The van der Waals surface area contributed by atoms with E-state index in [9.17, 15) is 0 Å². The molecule has 1 saturated heterocycles. The molecule has 0 radical (unpaired) electrons. The van der Waals surface area contributed by atoms with Crippen LogP contribution in [0, 0.1) is 0 Å². The molecule has 9 heteroatoms. The molecule has 0 amide bonds. The van der Waals surface area contributed by atoms with Gasteiger partial charge in [0, 0.05) is 20.3 Å².